The molecule has 0 aromatic heterocycles. The van der Waals surface area contributed by atoms with Crippen molar-refractivity contribution in [1.82, 2.24) is 0 Å². The fourth-order valence-electron chi connectivity index (χ4n) is 3.09. The minimum atomic E-state index is 0.772. The van der Waals surface area contributed by atoms with Gasteiger partial charge in [0.05, 0.1) is 6.61 Å². The summed E-state index contributed by atoms with van der Waals surface area (Å²) < 4.78 is 5.71. The lowest BCUT2D eigenvalue weighted by molar-refractivity contribution is 0.304. The number of unbranched alkanes of at least 4 members (excludes halogenated alkanes) is 13. The number of nitrogen functional groups attached to an aromatic ring is 1. The Balaban J connectivity index is 1.76. The van der Waals surface area contributed by atoms with Gasteiger partial charge in [-0.25, -0.2) is 0 Å². The van der Waals surface area contributed by atoms with Crippen molar-refractivity contribution in [2.75, 3.05) is 12.3 Å². The largest absolute Gasteiger partial charge is 0.494 e. The molecule has 2 heteroatoms. The predicted molar refractivity (Wildman–Crippen MR) is 107 cm³/mol. The number of hydrogen-bond acceptors (Lipinski definition) is 2. The number of anilines is 1. The second kappa shape index (κ2) is 15.4. The summed E-state index contributed by atoms with van der Waals surface area (Å²) in [6.07, 6.45) is 19.4. The molecular weight excluding hydrogens is 294 g/mol. The number of ether oxygens (including phenoxy) is 1. The van der Waals surface area contributed by atoms with Crippen molar-refractivity contribution in [1.29, 1.82) is 0 Å². The van der Waals surface area contributed by atoms with Gasteiger partial charge in [-0.1, -0.05) is 96.5 Å². The van der Waals surface area contributed by atoms with Crippen molar-refractivity contribution < 1.29 is 4.74 Å². The average Bonchev–Trinajstić information content (AvgIpc) is 2.58. The summed E-state index contributed by atoms with van der Waals surface area (Å²) in [7, 11) is 0. The minimum Gasteiger partial charge on any atom is -0.494 e. The highest BCUT2D eigenvalue weighted by atomic mass is 16.5. The van der Waals surface area contributed by atoms with E-state index in [1.165, 1.54) is 83.5 Å². The van der Waals surface area contributed by atoms with E-state index in [4.69, 9.17) is 10.5 Å². The average molecular weight is 334 g/mol. The van der Waals surface area contributed by atoms with Crippen LogP contribution in [-0.2, 0) is 0 Å². The predicted octanol–water partition coefficient (Wildman–Crippen LogP) is 7.13. The second-order valence-corrected chi connectivity index (χ2v) is 7.02. The van der Waals surface area contributed by atoms with Crippen LogP contribution in [0.5, 0.6) is 5.75 Å². The molecule has 2 N–H and O–H groups in total. The first-order valence-electron chi connectivity index (χ1n) is 10.3. The van der Waals surface area contributed by atoms with Crippen LogP contribution in [0.1, 0.15) is 96.8 Å². The molecule has 0 saturated heterocycles. The Labute approximate surface area is 150 Å². The van der Waals surface area contributed by atoms with Gasteiger partial charge in [0.15, 0.2) is 0 Å². The van der Waals surface area contributed by atoms with Gasteiger partial charge in [0.25, 0.3) is 0 Å². The molecule has 0 aliphatic heterocycles. The Kier molecular flexibility index (Phi) is 13.3. The molecule has 1 rings (SSSR count). The molecule has 0 heterocycles. The summed E-state index contributed by atoms with van der Waals surface area (Å²) in [5, 5.41) is 0. The molecule has 24 heavy (non-hydrogen) atoms. The zero-order valence-electron chi connectivity index (χ0n) is 15.9. The zero-order valence-corrected chi connectivity index (χ0v) is 15.9. The van der Waals surface area contributed by atoms with Crippen LogP contribution in [-0.4, -0.2) is 6.61 Å². The Morgan fingerprint density at radius 3 is 1.71 bits per heavy atom. The number of rotatable bonds is 16. The van der Waals surface area contributed by atoms with E-state index >= 15 is 0 Å². The molecule has 2 nitrogen and oxygen atoms in total. The Morgan fingerprint density at radius 1 is 0.708 bits per heavy atom. The van der Waals surface area contributed by atoms with Crippen LogP contribution in [0.3, 0.4) is 0 Å². The number of nitrogens with two attached hydrogens (primary N) is 1. The van der Waals surface area contributed by atoms with Crippen LogP contribution in [0.2, 0.25) is 0 Å². The van der Waals surface area contributed by atoms with E-state index in [0.717, 1.165) is 24.5 Å². The summed E-state index contributed by atoms with van der Waals surface area (Å²) >= 11 is 0. The zero-order chi connectivity index (χ0) is 17.3. The maximum absolute atomic E-state index is 5.73. The lowest BCUT2D eigenvalue weighted by Crippen LogP contribution is -1.97. The Hall–Kier alpha value is -1.18. The van der Waals surface area contributed by atoms with E-state index in [0.29, 0.717) is 0 Å². The van der Waals surface area contributed by atoms with Gasteiger partial charge in [-0.15, -0.1) is 0 Å². The number of hydrogen-bond donors (Lipinski definition) is 1. The van der Waals surface area contributed by atoms with Crippen LogP contribution >= 0.6 is 0 Å². The van der Waals surface area contributed by atoms with Gasteiger partial charge in [0.2, 0.25) is 0 Å². The first-order valence-corrected chi connectivity index (χ1v) is 10.3. The van der Waals surface area contributed by atoms with Crippen molar-refractivity contribution in [2.24, 2.45) is 0 Å². The SMILES string of the molecule is CCCCCCCCCCCCCCCCOc1cccc(N)c1. The Morgan fingerprint density at radius 2 is 1.21 bits per heavy atom. The first kappa shape index (κ1) is 20.9. The standard InChI is InChI=1S/C22H39NO/c1-2-3-4-5-6-7-8-9-10-11-12-13-14-15-19-24-22-18-16-17-21(23)20-22/h16-18,20H,2-15,19,23H2,1H3. The highest BCUT2D eigenvalue weighted by Gasteiger charge is 1.96. The highest BCUT2D eigenvalue weighted by molar-refractivity contribution is 5.43. The second-order valence-electron chi connectivity index (χ2n) is 7.02. The molecule has 0 radical (unpaired) electrons. The normalized spacial score (nSPS) is 10.9. The van der Waals surface area contributed by atoms with E-state index in [1.807, 2.05) is 24.3 Å². The monoisotopic (exact) mass is 333 g/mol. The van der Waals surface area contributed by atoms with E-state index in [9.17, 15) is 0 Å². The van der Waals surface area contributed by atoms with Gasteiger partial charge in [-0.3, -0.25) is 0 Å². The third-order valence-electron chi connectivity index (χ3n) is 4.62. The topological polar surface area (TPSA) is 35.2 Å². The molecule has 0 atom stereocenters. The molecule has 0 saturated carbocycles. The molecule has 0 amide bonds. The highest BCUT2D eigenvalue weighted by Crippen LogP contribution is 2.16. The van der Waals surface area contributed by atoms with E-state index < -0.39 is 0 Å². The lowest BCUT2D eigenvalue weighted by atomic mass is 10.0. The summed E-state index contributed by atoms with van der Waals surface area (Å²) in [6.45, 7) is 3.09. The van der Waals surface area contributed by atoms with Gasteiger partial charge < -0.3 is 10.5 Å². The smallest absolute Gasteiger partial charge is 0.121 e. The van der Waals surface area contributed by atoms with Gasteiger partial charge in [-0.2, -0.15) is 0 Å². The third-order valence-corrected chi connectivity index (χ3v) is 4.62. The molecule has 0 fully saturated rings. The molecule has 138 valence electrons. The van der Waals surface area contributed by atoms with Crippen molar-refractivity contribution in [3.05, 3.63) is 24.3 Å². The molecule has 0 spiro atoms. The van der Waals surface area contributed by atoms with Crippen LogP contribution in [0.15, 0.2) is 24.3 Å². The fraction of sp³-hybridized carbons (Fsp3) is 0.727. The van der Waals surface area contributed by atoms with Crippen molar-refractivity contribution in [3.63, 3.8) is 0 Å². The van der Waals surface area contributed by atoms with Gasteiger partial charge >= 0.3 is 0 Å². The van der Waals surface area contributed by atoms with Gasteiger partial charge in [0.1, 0.15) is 5.75 Å². The lowest BCUT2D eigenvalue weighted by Gasteiger charge is -2.06. The summed E-state index contributed by atoms with van der Waals surface area (Å²) in [5.41, 5.74) is 6.51. The molecule has 1 aromatic rings. The van der Waals surface area contributed by atoms with Crippen LogP contribution in [0.4, 0.5) is 5.69 Å². The van der Waals surface area contributed by atoms with Crippen molar-refractivity contribution >= 4 is 5.69 Å². The maximum atomic E-state index is 5.73. The summed E-state index contributed by atoms with van der Waals surface area (Å²) in [6, 6.07) is 7.69. The van der Waals surface area contributed by atoms with E-state index in [-0.39, 0.29) is 0 Å². The summed E-state index contributed by atoms with van der Waals surface area (Å²) in [4.78, 5) is 0. The number of benzene rings is 1. The van der Waals surface area contributed by atoms with Crippen LogP contribution in [0.25, 0.3) is 0 Å². The Bertz CT molecular complexity index is 391. The quantitative estimate of drug-likeness (QED) is 0.258. The fourth-order valence-corrected chi connectivity index (χ4v) is 3.09. The molecule has 0 bridgehead atoms. The molecule has 0 aliphatic rings. The van der Waals surface area contributed by atoms with E-state index in [1.54, 1.807) is 0 Å². The molecule has 1 aromatic carbocycles. The van der Waals surface area contributed by atoms with Crippen LogP contribution in [0, 0.1) is 0 Å². The van der Waals surface area contributed by atoms with Crippen molar-refractivity contribution in [2.45, 2.75) is 96.8 Å². The van der Waals surface area contributed by atoms with E-state index in [2.05, 4.69) is 6.92 Å². The minimum absolute atomic E-state index is 0.772. The van der Waals surface area contributed by atoms with Gasteiger partial charge in [0, 0.05) is 11.8 Å². The maximum Gasteiger partial charge on any atom is 0.121 e. The first-order chi connectivity index (χ1) is 11.8. The van der Waals surface area contributed by atoms with Gasteiger partial charge in [-0.05, 0) is 18.6 Å². The third kappa shape index (κ3) is 12.3. The van der Waals surface area contributed by atoms with Crippen molar-refractivity contribution in [3.8, 4) is 5.75 Å². The molecule has 0 unspecified atom stereocenters. The molecular formula is C22H39NO. The summed E-state index contributed by atoms with van der Waals surface area (Å²) in [5.74, 6) is 0.893. The van der Waals surface area contributed by atoms with Crippen LogP contribution < -0.4 is 10.5 Å². The molecule has 0 aliphatic carbocycles.